The smallest absolute Gasteiger partial charge is 0.277 e. The molecule has 136 valence electrons. The Morgan fingerprint density at radius 3 is 2.89 bits per heavy atom. The Labute approximate surface area is 164 Å². The minimum absolute atomic E-state index is 0.150. The predicted octanol–water partition coefficient (Wildman–Crippen LogP) is 4.74. The van der Waals surface area contributed by atoms with Crippen molar-refractivity contribution in [3.05, 3.63) is 71.0 Å². The summed E-state index contributed by atoms with van der Waals surface area (Å²) in [6.45, 7) is 2.14. The van der Waals surface area contributed by atoms with E-state index in [-0.39, 0.29) is 18.3 Å². The molecular formula is C19H15ClN4O2S. The number of halogens is 1. The van der Waals surface area contributed by atoms with Crippen LogP contribution < -0.4 is 10.1 Å². The fourth-order valence-corrected chi connectivity index (χ4v) is 3.68. The number of amides is 1. The second-order valence-electron chi connectivity index (χ2n) is 5.84. The Hall–Kier alpha value is -2.90. The average molecular weight is 399 g/mol. The van der Waals surface area contributed by atoms with Crippen LogP contribution in [-0.4, -0.2) is 20.7 Å². The summed E-state index contributed by atoms with van der Waals surface area (Å²) < 4.78 is 8.17. The fraction of sp³-hybridized carbons (Fsp3) is 0.105. The number of thiazole rings is 1. The lowest BCUT2D eigenvalue weighted by atomic mass is 10.2. The lowest BCUT2D eigenvalue weighted by Gasteiger charge is -2.07. The molecule has 0 unspecified atom stereocenters. The van der Waals surface area contributed by atoms with Crippen LogP contribution in [0.4, 0.5) is 5.13 Å². The number of fused-ring (bicyclic) bond motifs is 1. The summed E-state index contributed by atoms with van der Waals surface area (Å²) in [5.74, 6) is 0.244. The molecule has 2 aromatic heterocycles. The summed E-state index contributed by atoms with van der Waals surface area (Å²) in [5.41, 5.74) is 2.26. The number of benzene rings is 2. The normalized spacial score (nSPS) is 10.9. The van der Waals surface area contributed by atoms with Crippen LogP contribution in [0.5, 0.6) is 5.75 Å². The number of carbonyl (C=O) groups excluding carboxylic acids is 1. The van der Waals surface area contributed by atoms with E-state index in [4.69, 9.17) is 16.3 Å². The zero-order chi connectivity index (χ0) is 18.8. The zero-order valence-electron chi connectivity index (χ0n) is 14.3. The standard InChI is InChI=1S/C19H15ClN4O2S/c1-12-5-4-8-16-17(12)21-19(27-16)22-18(25)14-9-10-24(23-14)11-26-15-7-3-2-6-13(15)20/h2-10H,11H2,1H3,(H,21,22,25). The number of hydrogen-bond donors (Lipinski definition) is 1. The first-order valence-electron chi connectivity index (χ1n) is 8.18. The van der Waals surface area contributed by atoms with Crippen molar-refractivity contribution < 1.29 is 9.53 Å². The van der Waals surface area contributed by atoms with Gasteiger partial charge in [-0.15, -0.1) is 0 Å². The van der Waals surface area contributed by atoms with Crippen LogP contribution in [0, 0.1) is 6.92 Å². The van der Waals surface area contributed by atoms with E-state index in [2.05, 4.69) is 15.4 Å². The van der Waals surface area contributed by atoms with Gasteiger partial charge in [0.05, 0.1) is 15.2 Å². The van der Waals surface area contributed by atoms with Gasteiger partial charge in [0.25, 0.3) is 5.91 Å². The molecule has 0 aliphatic rings. The molecule has 6 nitrogen and oxygen atoms in total. The van der Waals surface area contributed by atoms with Crippen molar-refractivity contribution >= 4 is 44.2 Å². The quantitative estimate of drug-likeness (QED) is 0.527. The van der Waals surface area contributed by atoms with Crippen molar-refractivity contribution in [1.82, 2.24) is 14.8 Å². The van der Waals surface area contributed by atoms with Gasteiger partial charge in [0, 0.05) is 6.20 Å². The monoisotopic (exact) mass is 398 g/mol. The van der Waals surface area contributed by atoms with Crippen LogP contribution >= 0.6 is 22.9 Å². The molecule has 27 heavy (non-hydrogen) atoms. The molecule has 0 spiro atoms. The van der Waals surface area contributed by atoms with Crippen LogP contribution in [0.1, 0.15) is 16.1 Å². The molecule has 0 saturated heterocycles. The molecule has 0 saturated carbocycles. The van der Waals surface area contributed by atoms with E-state index in [1.54, 1.807) is 24.4 Å². The first-order valence-corrected chi connectivity index (χ1v) is 9.38. The van der Waals surface area contributed by atoms with Gasteiger partial charge in [-0.05, 0) is 36.8 Å². The van der Waals surface area contributed by atoms with Gasteiger partial charge in [0.15, 0.2) is 17.6 Å². The number of anilines is 1. The molecule has 8 heteroatoms. The summed E-state index contributed by atoms with van der Waals surface area (Å²) in [6.07, 6.45) is 1.67. The fourth-order valence-electron chi connectivity index (χ4n) is 2.55. The number of nitrogens with zero attached hydrogens (tertiary/aromatic N) is 3. The third kappa shape index (κ3) is 3.79. The lowest BCUT2D eigenvalue weighted by molar-refractivity contribution is 0.102. The third-order valence-electron chi connectivity index (χ3n) is 3.90. The highest BCUT2D eigenvalue weighted by atomic mass is 35.5. The number of rotatable bonds is 5. The minimum Gasteiger partial charge on any atom is -0.470 e. The molecule has 0 atom stereocenters. The number of aryl methyl sites for hydroxylation is 1. The topological polar surface area (TPSA) is 69.0 Å². The average Bonchev–Trinajstić information content (AvgIpc) is 3.28. The van der Waals surface area contributed by atoms with Crippen LogP contribution in [0.3, 0.4) is 0 Å². The predicted molar refractivity (Wildman–Crippen MR) is 107 cm³/mol. The number of carbonyl (C=O) groups is 1. The molecular weight excluding hydrogens is 384 g/mol. The first kappa shape index (κ1) is 17.5. The Balaban J connectivity index is 1.43. The number of aromatic nitrogens is 3. The van der Waals surface area contributed by atoms with Crippen molar-refractivity contribution in [3.63, 3.8) is 0 Å². The summed E-state index contributed by atoms with van der Waals surface area (Å²) in [5, 5.41) is 8.11. The van der Waals surface area contributed by atoms with E-state index in [9.17, 15) is 4.79 Å². The number of hydrogen-bond acceptors (Lipinski definition) is 5. The molecule has 0 aliphatic carbocycles. The summed E-state index contributed by atoms with van der Waals surface area (Å²) >= 11 is 7.49. The van der Waals surface area contributed by atoms with Crippen molar-refractivity contribution in [3.8, 4) is 5.75 Å². The number of nitrogens with one attached hydrogen (secondary N) is 1. The number of ether oxygens (including phenoxy) is 1. The SMILES string of the molecule is Cc1cccc2sc(NC(=O)c3ccn(COc4ccccc4Cl)n3)nc12. The van der Waals surface area contributed by atoms with Gasteiger partial charge >= 0.3 is 0 Å². The summed E-state index contributed by atoms with van der Waals surface area (Å²) in [6, 6.07) is 14.8. The summed E-state index contributed by atoms with van der Waals surface area (Å²) in [4.78, 5) is 16.9. The maximum absolute atomic E-state index is 12.4. The molecule has 0 bridgehead atoms. The number of para-hydroxylation sites is 2. The molecule has 4 aromatic rings. The third-order valence-corrected chi connectivity index (χ3v) is 5.15. The van der Waals surface area contributed by atoms with Gasteiger partial charge in [0.1, 0.15) is 5.75 Å². The molecule has 0 fully saturated rings. The molecule has 2 aromatic carbocycles. The molecule has 2 heterocycles. The van der Waals surface area contributed by atoms with Gasteiger partial charge in [-0.25, -0.2) is 9.67 Å². The first-order chi connectivity index (χ1) is 13.1. The van der Waals surface area contributed by atoms with E-state index in [1.165, 1.54) is 16.0 Å². The van der Waals surface area contributed by atoms with Crippen LogP contribution in [0.15, 0.2) is 54.7 Å². The molecule has 0 radical (unpaired) electrons. The minimum atomic E-state index is -0.316. The zero-order valence-corrected chi connectivity index (χ0v) is 15.9. The van der Waals surface area contributed by atoms with Crippen molar-refractivity contribution in [2.45, 2.75) is 13.7 Å². The Bertz CT molecular complexity index is 1120. The van der Waals surface area contributed by atoms with Crippen LogP contribution in [0.2, 0.25) is 5.02 Å². The lowest BCUT2D eigenvalue weighted by Crippen LogP contribution is -2.14. The molecule has 1 amide bonds. The molecule has 4 rings (SSSR count). The molecule has 1 N–H and O–H groups in total. The van der Waals surface area contributed by atoms with Crippen molar-refractivity contribution in [1.29, 1.82) is 0 Å². The Kier molecular flexibility index (Phi) is 4.79. The largest absolute Gasteiger partial charge is 0.470 e. The van der Waals surface area contributed by atoms with Gasteiger partial charge < -0.3 is 4.74 Å². The van der Waals surface area contributed by atoms with Crippen LogP contribution in [0.25, 0.3) is 10.2 Å². The highest BCUT2D eigenvalue weighted by Gasteiger charge is 2.13. The van der Waals surface area contributed by atoms with Gasteiger partial charge in [-0.1, -0.05) is 47.2 Å². The van der Waals surface area contributed by atoms with Gasteiger partial charge in [0.2, 0.25) is 0 Å². The molecule has 0 aliphatic heterocycles. The van der Waals surface area contributed by atoms with Crippen molar-refractivity contribution in [2.24, 2.45) is 0 Å². The van der Waals surface area contributed by atoms with Crippen LogP contribution in [-0.2, 0) is 6.73 Å². The van der Waals surface area contributed by atoms with E-state index >= 15 is 0 Å². The van der Waals surface area contributed by atoms with E-state index in [0.29, 0.717) is 15.9 Å². The second-order valence-corrected chi connectivity index (χ2v) is 7.28. The highest BCUT2D eigenvalue weighted by Crippen LogP contribution is 2.28. The highest BCUT2D eigenvalue weighted by molar-refractivity contribution is 7.22. The summed E-state index contributed by atoms with van der Waals surface area (Å²) in [7, 11) is 0. The van der Waals surface area contributed by atoms with E-state index in [0.717, 1.165) is 15.8 Å². The van der Waals surface area contributed by atoms with Gasteiger partial charge in [-0.3, -0.25) is 10.1 Å². The van der Waals surface area contributed by atoms with Crippen molar-refractivity contribution in [2.75, 3.05) is 5.32 Å². The van der Waals surface area contributed by atoms with Gasteiger partial charge in [-0.2, -0.15) is 5.10 Å². The maximum Gasteiger partial charge on any atom is 0.277 e. The maximum atomic E-state index is 12.4. The Morgan fingerprint density at radius 1 is 1.22 bits per heavy atom. The van der Waals surface area contributed by atoms with E-state index in [1.807, 2.05) is 37.3 Å². The second kappa shape index (κ2) is 7.38. The van der Waals surface area contributed by atoms with E-state index < -0.39 is 0 Å². The Morgan fingerprint density at radius 2 is 2.07 bits per heavy atom.